The van der Waals surface area contributed by atoms with Crippen molar-refractivity contribution < 1.29 is 8.81 Å². The van der Waals surface area contributed by atoms with Crippen molar-refractivity contribution in [3.05, 3.63) is 34.9 Å². The van der Waals surface area contributed by atoms with E-state index in [4.69, 9.17) is 27.6 Å². The van der Waals surface area contributed by atoms with Crippen LogP contribution < -0.4 is 0 Å². The van der Waals surface area contributed by atoms with E-state index in [1.165, 1.54) is 18.2 Å². The van der Waals surface area contributed by atoms with Gasteiger partial charge in [0.1, 0.15) is 5.82 Å². The fourth-order valence-electron chi connectivity index (χ4n) is 1.18. The van der Waals surface area contributed by atoms with Gasteiger partial charge in [-0.05, 0) is 18.2 Å². The average Bonchev–Trinajstić information content (AvgIpc) is 2.71. The van der Waals surface area contributed by atoms with Crippen LogP contribution in [-0.4, -0.2) is 16.1 Å². The van der Waals surface area contributed by atoms with Gasteiger partial charge in [0.15, 0.2) is 0 Å². The highest BCUT2D eigenvalue weighted by atomic mass is 35.5. The topological polar surface area (TPSA) is 38.9 Å². The molecule has 1 heterocycles. The van der Waals surface area contributed by atoms with Crippen molar-refractivity contribution >= 4 is 23.2 Å². The molecular formula is C10H7Cl2FN2O. The summed E-state index contributed by atoms with van der Waals surface area (Å²) in [5.74, 6) is 0.685. The largest absolute Gasteiger partial charge is 0.421 e. The molecule has 3 nitrogen and oxygen atoms in total. The zero-order chi connectivity index (χ0) is 11.5. The van der Waals surface area contributed by atoms with Gasteiger partial charge >= 0.3 is 0 Å². The molecule has 0 atom stereocenters. The molecule has 16 heavy (non-hydrogen) atoms. The molecule has 6 heteroatoms. The number of nitrogens with zero attached hydrogens (tertiary/aromatic N) is 2. The summed E-state index contributed by atoms with van der Waals surface area (Å²) in [6, 6.07) is 4.22. The van der Waals surface area contributed by atoms with Gasteiger partial charge in [-0.2, -0.15) is 0 Å². The van der Waals surface area contributed by atoms with Gasteiger partial charge < -0.3 is 4.42 Å². The summed E-state index contributed by atoms with van der Waals surface area (Å²) in [6.45, 7) is 0. The first kappa shape index (κ1) is 11.4. The van der Waals surface area contributed by atoms with E-state index in [0.29, 0.717) is 29.6 Å². The Morgan fingerprint density at radius 1 is 1.31 bits per heavy atom. The highest BCUT2D eigenvalue weighted by molar-refractivity contribution is 6.31. The Morgan fingerprint density at radius 2 is 2.12 bits per heavy atom. The van der Waals surface area contributed by atoms with E-state index in [1.807, 2.05) is 0 Å². The van der Waals surface area contributed by atoms with Crippen LogP contribution in [0.1, 0.15) is 5.89 Å². The van der Waals surface area contributed by atoms with Crippen LogP contribution in [0, 0.1) is 5.82 Å². The molecule has 0 saturated heterocycles. The Labute approximate surface area is 101 Å². The molecule has 1 aromatic carbocycles. The number of hydrogen-bond acceptors (Lipinski definition) is 3. The molecule has 1 aromatic heterocycles. The smallest absolute Gasteiger partial charge is 0.247 e. The van der Waals surface area contributed by atoms with E-state index in [-0.39, 0.29) is 5.02 Å². The van der Waals surface area contributed by atoms with E-state index >= 15 is 0 Å². The van der Waals surface area contributed by atoms with Crippen molar-refractivity contribution in [3.63, 3.8) is 0 Å². The Morgan fingerprint density at radius 3 is 2.81 bits per heavy atom. The van der Waals surface area contributed by atoms with E-state index in [2.05, 4.69) is 10.2 Å². The maximum Gasteiger partial charge on any atom is 0.247 e. The van der Waals surface area contributed by atoms with Gasteiger partial charge in [-0.15, -0.1) is 21.8 Å². The molecule has 0 bridgehead atoms. The molecule has 2 rings (SSSR count). The number of aromatic nitrogens is 2. The fraction of sp³-hybridized carbons (Fsp3) is 0.200. The zero-order valence-electron chi connectivity index (χ0n) is 8.08. The van der Waals surface area contributed by atoms with Crippen molar-refractivity contribution in [1.29, 1.82) is 0 Å². The maximum atomic E-state index is 12.9. The van der Waals surface area contributed by atoms with Crippen LogP contribution in [0.25, 0.3) is 11.5 Å². The second-order valence-corrected chi connectivity index (χ2v) is 3.85. The molecule has 0 N–H and O–H groups in total. The molecule has 0 amide bonds. The summed E-state index contributed by atoms with van der Waals surface area (Å²) in [7, 11) is 0. The van der Waals surface area contributed by atoms with Crippen molar-refractivity contribution in [3.8, 4) is 11.5 Å². The van der Waals surface area contributed by atoms with Gasteiger partial charge in [0, 0.05) is 17.9 Å². The quantitative estimate of drug-likeness (QED) is 0.795. The lowest BCUT2D eigenvalue weighted by atomic mass is 10.2. The van der Waals surface area contributed by atoms with E-state index in [9.17, 15) is 4.39 Å². The Kier molecular flexibility index (Phi) is 3.41. The highest BCUT2D eigenvalue weighted by Gasteiger charge is 2.10. The lowest BCUT2D eigenvalue weighted by Crippen LogP contribution is -1.84. The van der Waals surface area contributed by atoms with Crippen LogP contribution >= 0.6 is 23.2 Å². The lowest BCUT2D eigenvalue weighted by Gasteiger charge is -1.96. The van der Waals surface area contributed by atoms with Gasteiger partial charge in [-0.3, -0.25) is 0 Å². The number of halogens is 3. The van der Waals surface area contributed by atoms with E-state index < -0.39 is 5.82 Å². The standard InChI is InChI=1S/C10H7Cl2FN2O/c11-4-3-9-14-15-10(16-9)6-1-2-8(13)7(12)5-6/h1-2,5H,3-4H2. The molecule has 0 aliphatic rings. The summed E-state index contributed by atoms with van der Waals surface area (Å²) in [6.07, 6.45) is 0.503. The summed E-state index contributed by atoms with van der Waals surface area (Å²) < 4.78 is 18.2. The van der Waals surface area contributed by atoms with E-state index in [0.717, 1.165) is 0 Å². The first-order valence-corrected chi connectivity index (χ1v) is 5.45. The number of alkyl halides is 1. The molecule has 84 valence electrons. The minimum atomic E-state index is -0.481. The molecule has 2 aromatic rings. The van der Waals surface area contributed by atoms with Crippen LogP contribution in [0.3, 0.4) is 0 Å². The predicted molar refractivity (Wildman–Crippen MR) is 59.1 cm³/mol. The third kappa shape index (κ3) is 2.33. The van der Waals surface area contributed by atoms with Crippen molar-refractivity contribution in [1.82, 2.24) is 10.2 Å². The summed E-state index contributed by atoms with van der Waals surface area (Å²) in [5.41, 5.74) is 0.583. The molecule has 0 aliphatic carbocycles. The highest BCUT2D eigenvalue weighted by Crippen LogP contribution is 2.23. The molecule has 0 fully saturated rings. The normalized spacial score (nSPS) is 10.7. The lowest BCUT2D eigenvalue weighted by molar-refractivity contribution is 0.513. The third-order valence-corrected chi connectivity index (χ3v) is 2.42. The number of rotatable bonds is 3. The first-order valence-electron chi connectivity index (χ1n) is 4.54. The number of hydrogen-bond donors (Lipinski definition) is 0. The third-order valence-electron chi connectivity index (χ3n) is 1.94. The molecule has 0 unspecified atom stereocenters. The predicted octanol–water partition coefficient (Wildman–Crippen LogP) is 3.31. The van der Waals surface area contributed by atoms with Gasteiger partial charge in [-0.1, -0.05) is 11.6 Å². The second kappa shape index (κ2) is 4.80. The minimum absolute atomic E-state index is 0.0228. The van der Waals surface area contributed by atoms with Crippen LogP contribution in [0.4, 0.5) is 4.39 Å². The van der Waals surface area contributed by atoms with Gasteiger partial charge in [-0.25, -0.2) is 4.39 Å². The summed E-state index contributed by atoms with van der Waals surface area (Å²) in [5, 5.41) is 7.64. The van der Waals surface area contributed by atoms with Crippen molar-refractivity contribution in [2.24, 2.45) is 0 Å². The Balaban J connectivity index is 2.31. The van der Waals surface area contributed by atoms with Crippen LogP contribution in [0.15, 0.2) is 22.6 Å². The average molecular weight is 261 g/mol. The van der Waals surface area contributed by atoms with Crippen molar-refractivity contribution in [2.45, 2.75) is 6.42 Å². The van der Waals surface area contributed by atoms with Crippen molar-refractivity contribution in [2.75, 3.05) is 5.88 Å². The molecular weight excluding hydrogens is 254 g/mol. The van der Waals surface area contributed by atoms with Crippen LogP contribution in [0.2, 0.25) is 5.02 Å². The summed E-state index contributed by atoms with van der Waals surface area (Å²) >= 11 is 11.2. The van der Waals surface area contributed by atoms with Gasteiger partial charge in [0.2, 0.25) is 11.8 Å². The van der Waals surface area contributed by atoms with Crippen LogP contribution in [-0.2, 0) is 6.42 Å². The molecule has 0 spiro atoms. The van der Waals surface area contributed by atoms with E-state index in [1.54, 1.807) is 0 Å². The second-order valence-electron chi connectivity index (χ2n) is 3.07. The Bertz CT molecular complexity index is 501. The number of aryl methyl sites for hydroxylation is 1. The zero-order valence-corrected chi connectivity index (χ0v) is 9.59. The first-order chi connectivity index (χ1) is 7.70. The monoisotopic (exact) mass is 260 g/mol. The van der Waals surface area contributed by atoms with Crippen LogP contribution in [0.5, 0.6) is 0 Å². The number of benzene rings is 1. The summed E-state index contributed by atoms with van der Waals surface area (Å²) in [4.78, 5) is 0. The van der Waals surface area contributed by atoms with Gasteiger partial charge in [0.05, 0.1) is 5.02 Å². The minimum Gasteiger partial charge on any atom is -0.421 e. The van der Waals surface area contributed by atoms with Gasteiger partial charge in [0.25, 0.3) is 0 Å². The molecule has 0 radical (unpaired) electrons. The maximum absolute atomic E-state index is 12.9. The molecule has 0 saturated carbocycles. The Hall–Kier alpha value is -1.13. The fourth-order valence-corrected chi connectivity index (χ4v) is 1.52. The molecule has 0 aliphatic heterocycles. The SMILES string of the molecule is Fc1ccc(-c2nnc(CCCl)o2)cc1Cl.